The Hall–Kier alpha value is -2.42. The summed E-state index contributed by atoms with van der Waals surface area (Å²) in [4.78, 5) is 0. The third-order valence-corrected chi connectivity index (χ3v) is 3.57. The highest BCUT2D eigenvalue weighted by molar-refractivity contribution is 5.50. The molecule has 1 heterocycles. The maximum atomic E-state index is 5.68. The first-order chi connectivity index (χ1) is 9.83. The Labute approximate surface area is 118 Å². The van der Waals surface area contributed by atoms with E-state index < -0.39 is 0 Å². The molecule has 0 amide bonds. The summed E-state index contributed by atoms with van der Waals surface area (Å²) in [6.45, 7) is 0. The third kappa shape index (κ3) is 2.11. The minimum absolute atomic E-state index is 0.139. The molecule has 20 heavy (non-hydrogen) atoms. The number of likely N-dealkylation sites (N-methyl/N-ethyl adjacent to an activating group) is 1. The monoisotopic (exact) mass is 267 g/mol. The molecule has 1 N–H and O–H groups in total. The molecule has 102 valence electrons. The van der Waals surface area contributed by atoms with Gasteiger partial charge in [0, 0.05) is 12.6 Å². The Kier molecular flexibility index (Phi) is 3.33. The molecule has 1 unspecified atom stereocenters. The SMILES string of the molecule is CNC1=COc2ccccc2C1c1cccc(OC)c1. The van der Waals surface area contributed by atoms with Gasteiger partial charge in [0.05, 0.1) is 18.7 Å². The number of nitrogens with one attached hydrogen (secondary N) is 1. The number of ether oxygens (including phenoxy) is 2. The van der Waals surface area contributed by atoms with Crippen molar-refractivity contribution in [1.82, 2.24) is 5.32 Å². The second-order valence-corrected chi connectivity index (χ2v) is 4.69. The Morgan fingerprint density at radius 3 is 2.75 bits per heavy atom. The normalized spacial score (nSPS) is 16.7. The van der Waals surface area contributed by atoms with E-state index >= 15 is 0 Å². The fourth-order valence-electron chi connectivity index (χ4n) is 2.57. The smallest absolute Gasteiger partial charge is 0.130 e. The largest absolute Gasteiger partial charge is 0.497 e. The van der Waals surface area contributed by atoms with E-state index in [-0.39, 0.29) is 5.92 Å². The lowest BCUT2D eigenvalue weighted by Gasteiger charge is -2.27. The van der Waals surface area contributed by atoms with Crippen molar-refractivity contribution >= 4 is 0 Å². The van der Waals surface area contributed by atoms with Crippen molar-refractivity contribution in [3.05, 3.63) is 71.6 Å². The first-order valence-corrected chi connectivity index (χ1v) is 6.61. The quantitative estimate of drug-likeness (QED) is 0.925. The van der Waals surface area contributed by atoms with Crippen LogP contribution >= 0.6 is 0 Å². The maximum absolute atomic E-state index is 5.68. The summed E-state index contributed by atoms with van der Waals surface area (Å²) in [5.41, 5.74) is 3.38. The van der Waals surface area contributed by atoms with Crippen LogP contribution in [0.1, 0.15) is 17.0 Å². The number of hydrogen-bond donors (Lipinski definition) is 1. The summed E-state index contributed by atoms with van der Waals surface area (Å²) in [5.74, 6) is 1.90. The van der Waals surface area contributed by atoms with Gasteiger partial charge in [0.15, 0.2) is 0 Å². The summed E-state index contributed by atoms with van der Waals surface area (Å²) in [5, 5.41) is 3.23. The molecule has 0 fully saturated rings. The van der Waals surface area contributed by atoms with Gasteiger partial charge in [0.2, 0.25) is 0 Å². The molecule has 2 aromatic rings. The number of hydrogen-bond acceptors (Lipinski definition) is 3. The minimum Gasteiger partial charge on any atom is -0.497 e. The predicted octanol–water partition coefficient (Wildman–Crippen LogP) is 3.28. The molecule has 3 rings (SSSR count). The Balaban J connectivity index is 2.12. The van der Waals surface area contributed by atoms with Gasteiger partial charge in [0.1, 0.15) is 17.8 Å². The number of fused-ring (bicyclic) bond motifs is 1. The van der Waals surface area contributed by atoms with Crippen LogP contribution in [0.15, 0.2) is 60.5 Å². The zero-order valence-corrected chi connectivity index (χ0v) is 11.6. The highest BCUT2D eigenvalue weighted by Crippen LogP contribution is 2.40. The van der Waals surface area contributed by atoms with Crippen LogP contribution in [0, 0.1) is 0 Å². The average molecular weight is 267 g/mol. The van der Waals surface area contributed by atoms with Gasteiger partial charge < -0.3 is 14.8 Å². The van der Waals surface area contributed by atoms with Crippen LogP contribution in [0.4, 0.5) is 0 Å². The van der Waals surface area contributed by atoms with Gasteiger partial charge in [-0.2, -0.15) is 0 Å². The molecule has 0 bridgehead atoms. The topological polar surface area (TPSA) is 30.5 Å². The van der Waals surface area contributed by atoms with E-state index in [1.807, 2.05) is 37.4 Å². The van der Waals surface area contributed by atoms with Gasteiger partial charge in [0.25, 0.3) is 0 Å². The lowest BCUT2D eigenvalue weighted by atomic mass is 9.87. The van der Waals surface area contributed by atoms with Crippen LogP contribution in [0.2, 0.25) is 0 Å². The molecule has 1 atom stereocenters. The van der Waals surface area contributed by atoms with E-state index in [0.29, 0.717) is 0 Å². The molecule has 0 aromatic heterocycles. The van der Waals surface area contributed by atoms with Crippen molar-refractivity contribution in [2.75, 3.05) is 14.2 Å². The van der Waals surface area contributed by atoms with E-state index in [2.05, 4.69) is 23.5 Å². The summed E-state index contributed by atoms with van der Waals surface area (Å²) >= 11 is 0. The van der Waals surface area contributed by atoms with Crippen molar-refractivity contribution in [3.63, 3.8) is 0 Å². The predicted molar refractivity (Wildman–Crippen MR) is 79.0 cm³/mol. The number of methoxy groups -OCH3 is 1. The molecule has 3 heteroatoms. The Morgan fingerprint density at radius 1 is 1.10 bits per heavy atom. The molecule has 1 aliphatic rings. The van der Waals surface area contributed by atoms with Crippen LogP contribution in [-0.2, 0) is 0 Å². The highest BCUT2D eigenvalue weighted by Gasteiger charge is 2.25. The number of rotatable bonds is 3. The summed E-state index contributed by atoms with van der Waals surface area (Å²) < 4.78 is 11.0. The molecule has 0 radical (unpaired) electrons. The van der Waals surface area contributed by atoms with E-state index in [9.17, 15) is 0 Å². The van der Waals surface area contributed by atoms with E-state index in [4.69, 9.17) is 9.47 Å². The van der Waals surface area contributed by atoms with Crippen LogP contribution in [0.5, 0.6) is 11.5 Å². The lowest BCUT2D eigenvalue weighted by Crippen LogP contribution is -2.20. The minimum atomic E-state index is 0.139. The zero-order chi connectivity index (χ0) is 13.9. The second-order valence-electron chi connectivity index (χ2n) is 4.69. The van der Waals surface area contributed by atoms with Gasteiger partial charge in [-0.1, -0.05) is 30.3 Å². The van der Waals surface area contributed by atoms with Gasteiger partial charge in [-0.15, -0.1) is 0 Å². The van der Waals surface area contributed by atoms with Crippen LogP contribution in [0.25, 0.3) is 0 Å². The molecular formula is C17H17NO2. The van der Waals surface area contributed by atoms with Crippen molar-refractivity contribution in [2.24, 2.45) is 0 Å². The summed E-state index contributed by atoms with van der Waals surface area (Å²) in [7, 11) is 3.60. The van der Waals surface area contributed by atoms with Gasteiger partial charge in [-0.3, -0.25) is 0 Å². The first-order valence-electron chi connectivity index (χ1n) is 6.61. The zero-order valence-electron chi connectivity index (χ0n) is 11.6. The standard InChI is InChI=1S/C17H17NO2/c1-18-15-11-20-16-9-4-3-8-14(16)17(15)12-6-5-7-13(10-12)19-2/h3-11,17-18H,1-2H3. The molecule has 3 nitrogen and oxygen atoms in total. The fraction of sp³-hybridized carbons (Fsp3) is 0.176. The number of allylic oxidation sites excluding steroid dienone is 1. The molecule has 1 aliphatic heterocycles. The van der Waals surface area contributed by atoms with Crippen LogP contribution < -0.4 is 14.8 Å². The Bertz CT molecular complexity index is 649. The molecular weight excluding hydrogens is 250 g/mol. The van der Waals surface area contributed by atoms with Crippen molar-refractivity contribution in [2.45, 2.75) is 5.92 Å². The second kappa shape index (κ2) is 5.29. The Morgan fingerprint density at radius 2 is 1.95 bits per heavy atom. The maximum Gasteiger partial charge on any atom is 0.130 e. The number of benzene rings is 2. The van der Waals surface area contributed by atoms with Gasteiger partial charge in [-0.25, -0.2) is 0 Å². The van der Waals surface area contributed by atoms with Gasteiger partial charge in [-0.05, 0) is 23.8 Å². The molecule has 0 saturated carbocycles. The molecule has 2 aromatic carbocycles. The molecule has 0 spiro atoms. The van der Waals surface area contributed by atoms with E-state index in [1.54, 1.807) is 13.4 Å². The van der Waals surface area contributed by atoms with E-state index in [0.717, 1.165) is 22.8 Å². The average Bonchev–Trinajstić information content (AvgIpc) is 2.53. The summed E-state index contributed by atoms with van der Waals surface area (Å²) in [6, 6.07) is 16.3. The van der Waals surface area contributed by atoms with Crippen molar-refractivity contribution in [1.29, 1.82) is 0 Å². The van der Waals surface area contributed by atoms with Crippen molar-refractivity contribution in [3.8, 4) is 11.5 Å². The number of para-hydroxylation sites is 1. The van der Waals surface area contributed by atoms with Crippen molar-refractivity contribution < 1.29 is 9.47 Å². The third-order valence-electron chi connectivity index (χ3n) is 3.57. The van der Waals surface area contributed by atoms with Gasteiger partial charge >= 0.3 is 0 Å². The van der Waals surface area contributed by atoms with Crippen LogP contribution in [0.3, 0.4) is 0 Å². The fourth-order valence-corrected chi connectivity index (χ4v) is 2.57. The lowest BCUT2D eigenvalue weighted by molar-refractivity contribution is 0.413. The highest BCUT2D eigenvalue weighted by atomic mass is 16.5. The summed E-state index contributed by atoms with van der Waals surface area (Å²) in [6.07, 6.45) is 1.78. The van der Waals surface area contributed by atoms with Crippen LogP contribution in [-0.4, -0.2) is 14.2 Å². The molecule has 0 saturated heterocycles. The molecule has 0 aliphatic carbocycles. The first kappa shape index (κ1) is 12.6. The van der Waals surface area contributed by atoms with E-state index in [1.165, 1.54) is 5.56 Å².